The van der Waals surface area contributed by atoms with Gasteiger partial charge in [0.2, 0.25) is 5.91 Å². The number of esters is 1. The van der Waals surface area contributed by atoms with Gasteiger partial charge in [0.1, 0.15) is 0 Å². The first kappa shape index (κ1) is 60.3. The molecule has 0 rings (SSSR count). The molecule has 366 valence electrons. The van der Waals surface area contributed by atoms with Gasteiger partial charge in [-0.15, -0.1) is 0 Å². The Balaban J connectivity index is 3.44. The first-order valence-corrected chi connectivity index (χ1v) is 27.6. The van der Waals surface area contributed by atoms with Crippen LogP contribution in [0.3, 0.4) is 0 Å². The molecule has 0 saturated carbocycles. The summed E-state index contributed by atoms with van der Waals surface area (Å²) in [6, 6.07) is -0.635. The Labute approximate surface area is 386 Å². The number of hydrogen-bond acceptors (Lipinski definition) is 5. The molecule has 0 fully saturated rings. The van der Waals surface area contributed by atoms with Crippen molar-refractivity contribution in [3.05, 3.63) is 24.3 Å². The molecule has 0 aliphatic rings. The van der Waals surface area contributed by atoms with E-state index >= 15 is 0 Å². The quantitative estimate of drug-likeness (QED) is 0.0321. The molecule has 0 heterocycles. The van der Waals surface area contributed by atoms with E-state index < -0.39 is 12.1 Å². The van der Waals surface area contributed by atoms with Gasteiger partial charge in [-0.3, -0.25) is 9.59 Å². The Hall–Kier alpha value is -1.66. The minimum Gasteiger partial charge on any atom is -0.466 e. The van der Waals surface area contributed by atoms with Gasteiger partial charge in [-0.05, 0) is 57.8 Å². The number of unbranched alkanes of at least 4 members (excludes halogenated alkanes) is 38. The second-order valence-corrected chi connectivity index (χ2v) is 18.9. The van der Waals surface area contributed by atoms with Crippen LogP contribution in [-0.4, -0.2) is 47.4 Å². The fraction of sp³-hybridized carbons (Fsp3) is 0.893. The van der Waals surface area contributed by atoms with Gasteiger partial charge in [0.25, 0.3) is 0 Å². The van der Waals surface area contributed by atoms with E-state index in [0.29, 0.717) is 19.4 Å². The van der Waals surface area contributed by atoms with Crippen molar-refractivity contribution in [2.24, 2.45) is 0 Å². The predicted octanol–water partition coefficient (Wildman–Crippen LogP) is 16.7. The maximum atomic E-state index is 12.4. The van der Waals surface area contributed by atoms with Crippen molar-refractivity contribution >= 4 is 11.9 Å². The second-order valence-electron chi connectivity index (χ2n) is 18.9. The van der Waals surface area contributed by atoms with Crippen LogP contribution in [0.5, 0.6) is 0 Å². The van der Waals surface area contributed by atoms with Crippen LogP contribution >= 0.6 is 0 Å². The van der Waals surface area contributed by atoms with Crippen LogP contribution in [0.1, 0.15) is 296 Å². The van der Waals surface area contributed by atoms with E-state index in [4.69, 9.17) is 4.74 Å². The SMILES string of the molecule is CCCCCCCCCCC/C=C/C(O)C(CO)NC(=O)CCCCCCCCC/C=C\CCCCCCCCOC(=O)CCCCCCCCCCCCCCCCCCC. The number of ether oxygens (including phenoxy) is 1. The summed E-state index contributed by atoms with van der Waals surface area (Å²) in [5, 5.41) is 23.0. The summed E-state index contributed by atoms with van der Waals surface area (Å²) in [5.41, 5.74) is 0. The molecule has 0 bridgehead atoms. The Bertz CT molecular complexity index is 966. The van der Waals surface area contributed by atoms with Crippen molar-refractivity contribution in [1.82, 2.24) is 5.32 Å². The van der Waals surface area contributed by atoms with E-state index in [0.717, 1.165) is 57.8 Å². The Morgan fingerprint density at radius 2 is 0.758 bits per heavy atom. The first-order chi connectivity index (χ1) is 30.5. The lowest BCUT2D eigenvalue weighted by Crippen LogP contribution is -2.45. The number of carbonyl (C=O) groups is 2. The minimum atomic E-state index is -0.850. The summed E-state index contributed by atoms with van der Waals surface area (Å²) in [6.07, 6.45) is 61.9. The highest BCUT2D eigenvalue weighted by Crippen LogP contribution is 2.16. The average Bonchev–Trinajstić information content (AvgIpc) is 3.27. The van der Waals surface area contributed by atoms with E-state index in [2.05, 4.69) is 31.3 Å². The number of rotatable bonds is 51. The zero-order valence-corrected chi connectivity index (χ0v) is 41.6. The van der Waals surface area contributed by atoms with Crippen LogP contribution in [-0.2, 0) is 14.3 Å². The normalized spacial score (nSPS) is 12.8. The zero-order chi connectivity index (χ0) is 45.1. The highest BCUT2D eigenvalue weighted by molar-refractivity contribution is 5.76. The number of amides is 1. The number of allylic oxidation sites excluding steroid dienone is 3. The van der Waals surface area contributed by atoms with E-state index in [9.17, 15) is 19.8 Å². The summed E-state index contributed by atoms with van der Waals surface area (Å²) in [5.74, 6) is -0.0801. The van der Waals surface area contributed by atoms with Gasteiger partial charge in [0.05, 0.1) is 25.4 Å². The van der Waals surface area contributed by atoms with Gasteiger partial charge < -0.3 is 20.3 Å². The third-order valence-electron chi connectivity index (χ3n) is 12.7. The van der Waals surface area contributed by atoms with Crippen LogP contribution in [0.2, 0.25) is 0 Å². The van der Waals surface area contributed by atoms with E-state index in [-0.39, 0.29) is 18.5 Å². The van der Waals surface area contributed by atoms with Crippen molar-refractivity contribution in [3.63, 3.8) is 0 Å². The Morgan fingerprint density at radius 1 is 0.435 bits per heavy atom. The first-order valence-electron chi connectivity index (χ1n) is 27.6. The molecule has 2 atom stereocenters. The second kappa shape index (κ2) is 52.0. The molecule has 0 aliphatic carbocycles. The number of aliphatic hydroxyl groups excluding tert-OH is 2. The Kier molecular flexibility index (Phi) is 50.6. The average molecular weight is 874 g/mol. The maximum absolute atomic E-state index is 12.4. The zero-order valence-electron chi connectivity index (χ0n) is 41.6. The summed E-state index contributed by atoms with van der Waals surface area (Å²) >= 11 is 0. The summed E-state index contributed by atoms with van der Waals surface area (Å²) in [6.45, 7) is 4.88. The molecule has 62 heavy (non-hydrogen) atoms. The van der Waals surface area contributed by atoms with E-state index in [1.807, 2.05) is 6.08 Å². The molecular weight excluding hydrogens is 767 g/mol. The lowest BCUT2D eigenvalue weighted by atomic mass is 10.0. The summed E-state index contributed by atoms with van der Waals surface area (Å²) in [7, 11) is 0. The van der Waals surface area contributed by atoms with Gasteiger partial charge in [0, 0.05) is 12.8 Å². The van der Waals surface area contributed by atoms with E-state index in [1.165, 1.54) is 212 Å². The number of carbonyl (C=O) groups excluding carboxylic acids is 2. The maximum Gasteiger partial charge on any atom is 0.305 e. The molecule has 0 spiro atoms. The van der Waals surface area contributed by atoms with Crippen LogP contribution in [0.15, 0.2) is 24.3 Å². The number of nitrogens with one attached hydrogen (secondary N) is 1. The van der Waals surface area contributed by atoms with Crippen molar-refractivity contribution in [2.75, 3.05) is 13.2 Å². The van der Waals surface area contributed by atoms with Crippen molar-refractivity contribution in [1.29, 1.82) is 0 Å². The van der Waals surface area contributed by atoms with Crippen molar-refractivity contribution in [2.45, 2.75) is 309 Å². The van der Waals surface area contributed by atoms with Crippen molar-refractivity contribution < 1.29 is 24.5 Å². The standard InChI is InChI=1S/C56H107NO5/c1-3-5-7-9-11-13-15-16-17-19-23-26-30-34-38-42-46-50-56(61)62-51-47-43-39-35-31-27-24-21-18-20-22-25-29-33-37-41-45-49-55(60)57-53(52-58)54(59)48-44-40-36-32-28-14-12-10-8-6-4-2/h18,21,44,48,53-54,58-59H,3-17,19-20,22-43,45-47,49-52H2,1-2H3,(H,57,60)/b21-18-,48-44+. The number of hydrogen-bond donors (Lipinski definition) is 3. The monoisotopic (exact) mass is 874 g/mol. The fourth-order valence-electron chi connectivity index (χ4n) is 8.45. The topological polar surface area (TPSA) is 95.9 Å². The molecule has 3 N–H and O–H groups in total. The van der Waals surface area contributed by atoms with Crippen LogP contribution in [0, 0.1) is 0 Å². The highest BCUT2D eigenvalue weighted by Gasteiger charge is 2.18. The lowest BCUT2D eigenvalue weighted by molar-refractivity contribution is -0.143. The van der Waals surface area contributed by atoms with Crippen LogP contribution in [0.25, 0.3) is 0 Å². The molecule has 0 aromatic heterocycles. The molecule has 1 amide bonds. The predicted molar refractivity (Wildman–Crippen MR) is 269 cm³/mol. The molecule has 6 nitrogen and oxygen atoms in total. The molecule has 0 saturated heterocycles. The van der Waals surface area contributed by atoms with Gasteiger partial charge in [-0.25, -0.2) is 0 Å². The molecule has 0 aromatic carbocycles. The van der Waals surface area contributed by atoms with E-state index in [1.54, 1.807) is 6.08 Å². The lowest BCUT2D eigenvalue weighted by Gasteiger charge is -2.20. The van der Waals surface area contributed by atoms with Gasteiger partial charge >= 0.3 is 5.97 Å². The molecule has 6 heteroatoms. The fourth-order valence-corrected chi connectivity index (χ4v) is 8.45. The third-order valence-corrected chi connectivity index (χ3v) is 12.7. The molecular formula is C56H107NO5. The molecule has 2 unspecified atom stereocenters. The summed E-state index contributed by atoms with van der Waals surface area (Å²) < 4.78 is 5.48. The van der Waals surface area contributed by atoms with Gasteiger partial charge in [0.15, 0.2) is 0 Å². The minimum absolute atomic E-state index is 0.000913. The molecule has 0 aliphatic heterocycles. The third kappa shape index (κ3) is 47.8. The smallest absolute Gasteiger partial charge is 0.305 e. The van der Waals surface area contributed by atoms with Gasteiger partial charge in [-0.2, -0.15) is 0 Å². The van der Waals surface area contributed by atoms with Crippen LogP contribution < -0.4 is 5.32 Å². The van der Waals surface area contributed by atoms with Gasteiger partial charge in [-0.1, -0.05) is 250 Å². The Morgan fingerprint density at radius 3 is 1.15 bits per heavy atom. The van der Waals surface area contributed by atoms with Crippen molar-refractivity contribution in [3.8, 4) is 0 Å². The summed E-state index contributed by atoms with van der Waals surface area (Å²) in [4.78, 5) is 24.5. The number of aliphatic hydroxyl groups is 2. The molecule has 0 radical (unpaired) electrons. The largest absolute Gasteiger partial charge is 0.466 e. The highest BCUT2D eigenvalue weighted by atomic mass is 16.5. The molecule has 0 aromatic rings. The van der Waals surface area contributed by atoms with Crippen LogP contribution in [0.4, 0.5) is 0 Å².